The van der Waals surface area contributed by atoms with E-state index in [1.807, 2.05) is 0 Å². The Kier molecular flexibility index (Phi) is 8.20. The lowest BCUT2D eigenvalue weighted by Crippen LogP contribution is -2.42. The normalized spacial score (nSPS) is 17.7. The van der Waals surface area contributed by atoms with Crippen LogP contribution >= 0.6 is 0 Å². The number of aliphatic imine (C=N–C) groups is 1. The molecule has 160 valence electrons. The number of amides is 1. The number of hydrogen-bond acceptors (Lipinski definition) is 3. The molecule has 1 aromatic rings. The van der Waals surface area contributed by atoms with Crippen molar-refractivity contribution < 1.29 is 9.53 Å². The van der Waals surface area contributed by atoms with Crippen LogP contribution in [0, 0.1) is 18.8 Å². The van der Waals surface area contributed by atoms with Crippen molar-refractivity contribution in [2.24, 2.45) is 16.8 Å². The van der Waals surface area contributed by atoms with Crippen molar-refractivity contribution >= 4 is 11.9 Å². The van der Waals surface area contributed by atoms with E-state index in [9.17, 15) is 4.79 Å². The molecule has 0 saturated heterocycles. The van der Waals surface area contributed by atoms with Gasteiger partial charge in [-0.25, -0.2) is 0 Å². The van der Waals surface area contributed by atoms with Gasteiger partial charge in [-0.2, -0.15) is 0 Å². The fourth-order valence-corrected chi connectivity index (χ4v) is 3.71. The van der Waals surface area contributed by atoms with Crippen molar-refractivity contribution in [1.29, 1.82) is 0 Å². The van der Waals surface area contributed by atoms with Crippen molar-refractivity contribution in [2.45, 2.75) is 58.4 Å². The Labute approximate surface area is 174 Å². The molecule has 0 spiro atoms. The number of carbonyl (C=O) groups is 1. The quantitative estimate of drug-likeness (QED) is 0.338. The highest BCUT2D eigenvalue weighted by molar-refractivity contribution is 5.80. The van der Waals surface area contributed by atoms with Gasteiger partial charge in [0, 0.05) is 38.2 Å². The fraction of sp³-hybridized carbons (Fsp3) is 0.652. The Morgan fingerprint density at radius 2 is 1.83 bits per heavy atom. The molecular formula is C23H36N4O2. The molecule has 2 aliphatic rings. The molecule has 0 heterocycles. The molecule has 2 aliphatic carbocycles. The summed E-state index contributed by atoms with van der Waals surface area (Å²) in [5.41, 5.74) is 2.33. The SMILES string of the molecule is CN=C(NCCNC(=O)C1CCCCC1)NCc1ccc(C)cc1OCC1CC1. The molecule has 6 nitrogen and oxygen atoms in total. The minimum atomic E-state index is 0.201. The molecule has 0 aromatic heterocycles. The minimum absolute atomic E-state index is 0.201. The van der Waals surface area contributed by atoms with Crippen LogP contribution in [0.5, 0.6) is 5.75 Å². The molecule has 2 fully saturated rings. The van der Waals surface area contributed by atoms with E-state index in [2.05, 4.69) is 46.1 Å². The van der Waals surface area contributed by atoms with Crippen LogP contribution in [0.3, 0.4) is 0 Å². The Bertz CT molecular complexity index is 694. The second-order valence-corrected chi connectivity index (χ2v) is 8.34. The van der Waals surface area contributed by atoms with Gasteiger partial charge in [0.05, 0.1) is 6.61 Å². The maximum atomic E-state index is 12.2. The molecule has 1 aromatic carbocycles. The van der Waals surface area contributed by atoms with E-state index in [1.54, 1.807) is 7.05 Å². The number of hydrogen-bond donors (Lipinski definition) is 3. The first-order valence-corrected chi connectivity index (χ1v) is 11.1. The molecule has 3 rings (SSSR count). The van der Waals surface area contributed by atoms with Crippen molar-refractivity contribution in [3.05, 3.63) is 29.3 Å². The van der Waals surface area contributed by atoms with Gasteiger partial charge in [-0.05, 0) is 50.2 Å². The molecule has 2 saturated carbocycles. The van der Waals surface area contributed by atoms with Gasteiger partial charge in [-0.15, -0.1) is 0 Å². The van der Waals surface area contributed by atoms with Crippen LogP contribution in [-0.4, -0.2) is 38.6 Å². The average Bonchev–Trinajstić information content (AvgIpc) is 3.57. The fourth-order valence-electron chi connectivity index (χ4n) is 3.71. The maximum Gasteiger partial charge on any atom is 0.223 e. The van der Waals surface area contributed by atoms with E-state index in [-0.39, 0.29) is 11.8 Å². The summed E-state index contributed by atoms with van der Waals surface area (Å²) in [6.45, 7) is 4.80. The highest BCUT2D eigenvalue weighted by atomic mass is 16.5. The zero-order chi connectivity index (χ0) is 20.5. The number of carbonyl (C=O) groups excluding carboxylic acids is 1. The zero-order valence-electron chi connectivity index (χ0n) is 17.9. The van der Waals surface area contributed by atoms with E-state index in [0.717, 1.165) is 42.6 Å². The zero-order valence-corrected chi connectivity index (χ0v) is 17.9. The molecule has 3 N–H and O–H groups in total. The third kappa shape index (κ3) is 7.26. The molecule has 0 aliphatic heterocycles. The number of aryl methyl sites for hydroxylation is 1. The summed E-state index contributed by atoms with van der Waals surface area (Å²) in [5, 5.41) is 9.67. The topological polar surface area (TPSA) is 74.8 Å². The second-order valence-electron chi connectivity index (χ2n) is 8.34. The Hall–Kier alpha value is -2.24. The molecule has 6 heteroatoms. The molecule has 29 heavy (non-hydrogen) atoms. The molecule has 0 radical (unpaired) electrons. The van der Waals surface area contributed by atoms with E-state index in [4.69, 9.17) is 4.74 Å². The molecule has 0 atom stereocenters. The van der Waals surface area contributed by atoms with Crippen molar-refractivity contribution in [2.75, 3.05) is 26.7 Å². The van der Waals surface area contributed by atoms with Gasteiger partial charge in [-0.3, -0.25) is 9.79 Å². The van der Waals surface area contributed by atoms with Gasteiger partial charge in [0.15, 0.2) is 5.96 Å². The van der Waals surface area contributed by atoms with Crippen molar-refractivity contribution in [3.8, 4) is 5.75 Å². The first kappa shape index (κ1) is 21.5. The minimum Gasteiger partial charge on any atom is -0.493 e. The lowest BCUT2D eigenvalue weighted by molar-refractivity contribution is -0.125. The van der Waals surface area contributed by atoms with Gasteiger partial charge in [0.25, 0.3) is 0 Å². The Morgan fingerprint density at radius 1 is 1.07 bits per heavy atom. The Balaban J connectivity index is 1.39. The predicted molar refractivity (Wildman–Crippen MR) is 117 cm³/mol. The summed E-state index contributed by atoms with van der Waals surface area (Å²) in [6.07, 6.45) is 8.26. The monoisotopic (exact) mass is 400 g/mol. The van der Waals surface area contributed by atoms with Crippen LogP contribution in [0.1, 0.15) is 56.1 Å². The summed E-state index contributed by atoms with van der Waals surface area (Å²) < 4.78 is 6.04. The van der Waals surface area contributed by atoms with E-state index >= 15 is 0 Å². The maximum absolute atomic E-state index is 12.2. The first-order valence-electron chi connectivity index (χ1n) is 11.1. The van der Waals surface area contributed by atoms with E-state index in [1.165, 1.54) is 37.7 Å². The summed E-state index contributed by atoms with van der Waals surface area (Å²) in [7, 11) is 1.76. The van der Waals surface area contributed by atoms with E-state index < -0.39 is 0 Å². The van der Waals surface area contributed by atoms with Crippen LogP contribution in [-0.2, 0) is 11.3 Å². The highest BCUT2D eigenvalue weighted by Gasteiger charge is 2.22. The van der Waals surface area contributed by atoms with Crippen molar-refractivity contribution in [3.63, 3.8) is 0 Å². The molecule has 1 amide bonds. The summed E-state index contributed by atoms with van der Waals surface area (Å²) >= 11 is 0. The molecule has 0 unspecified atom stereocenters. The van der Waals surface area contributed by atoms with Crippen LogP contribution in [0.15, 0.2) is 23.2 Å². The van der Waals surface area contributed by atoms with Crippen molar-refractivity contribution in [1.82, 2.24) is 16.0 Å². The number of nitrogens with one attached hydrogen (secondary N) is 3. The lowest BCUT2D eigenvalue weighted by atomic mass is 9.89. The van der Waals surface area contributed by atoms with E-state index in [0.29, 0.717) is 19.6 Å². The molecule has 0 bridgehead atoms. The first-order chi connectivity index (χ1) is 14.2. The van der Waals surface area contributed by atoms with Crippen LogP contribution in [0.2, 0.25) is 0 Å². The van der Waals surface area contributed by atoms with Crippen LogP contribution in [0.4, 0.5) is 0 Å². The number of guanidine groups is 1. The van der Waals surface area contributed by atoms with Gasteiger partial charge < -0.3 is 20.7 Å². The highest BCUT2D eigenvalue weighted by Crippen LogP contribution is 2.30. The summed E-state index contributed by atoms with van der Waals surface area (Å²) in [6, 6.07) is 6.33. The van der Waals surface area contributed by atoms with Crippen LogP contribution < -0.4 is 20.7 Å². The van der Waals surface area contributed by atoms with Crippen LogP contribution in [0.25, 0.3) is 0 Å². The summed E-state index contributed by atoms with van der Waals surface area (Å²) in [4.78, 5) is 16.5. The lowest BCUT2D eigenvalue weighted by Gasteiger charge is -2.21. The third-order valence-electron chi connectivity index (χ3n) is 5.76. The molecular weight excluding hydrogens is 364 g/mol. The summed E-state index contributed by atoms with van der Waals surface area (Å²) in [5.74, 6) is 2.82. The Morgan fingerprint density at radius 3 is 2.55 bits per heavy atom. The number of ether oxygens (including phenoxy) is 1. The largest absolute Gasteiger partial charge is 0.493 e. The number of rotatable bonds is 9. The van der Waals surface area contributed by atoms with Gasteiger partial charge in [0.2, 0.25) is 5.91 Å². The number of nitrogens with zero attached hydrogens (tertiary/aromatic N) is 1. The predicted octanol–water partition coefficient (Wildman–Crippen LogP) is 3.15. The van der Waals surface area contributed by atoms with Gasteiger partial charge >= 0.3 is 0 Å². The third-order valence-corrected chi connectivity index (χ3v) is 5.76. The smallest absolute Gasteiger partial charge is 0.223 e. The number of benzene rings is 1. The average molecular weight is 401 g/mol. The van der Waals surface area contributed by atoms with Gasteiger partial charge in [0.1, 0.15) is 5.75 Å². The standard InChI is InChI=1S/C23H36N4O2/c1-17-8-11-20(21(14-17)29-16-18-9-10-18)15-27-23(24-2)26-13-12-25-22(28)19-6-4-3-5-7-19/h8,11,14,18-19H,3-7,9-10,12-13,15-16H2,1-2H3,(H,25,28)(H2,24,26,27). The van der Waals surface area contributed by atoms with Gasteiger partial charge in [-0.1, -0.05) is 31.4 Å². The second kappa shape index (κ2) is 11.1.